The highest BCUT2D eigenvalue weighted by Crippen LogP contribution is 2.05. The Balaban J connectivity index is 5.13. The first-order valence-corrected chi connectivity index (χ1v) is 10.1. The molecule has 15 nitrogen and oxygen atoms in total. The Labute approximate surface area is 190 Å². The van der Waals surface area contributed by atoms with Gasteiger partial charge in [0.15, 0.2) is 5.96 Å². The molecule has 4 unspecified atom stereocenters. The molecule has 15 heteroatoms. The summed E-state index contributed by atoms with van der Waals surface area (Å²) in [5, 5.41) is 25.7. The maximum atomic E-state index is 12.6. The van der Waals surface area contributed by atoms with Gasteiger partial charge in [-0.15, -0.1) is 0 Å². The molecule has 13 N–H and O–H groups in total. The molecule has 0 spiro atoms. The molecule has 0 radical (unpaired) electrons. The van der Waals surface area contributed by atoms with Crippen molar-refractivity contribution in [3.05, 3.63) is 0 Å². The summed E-state index contributed by atoms with van der Waals surface area (Å²) in [5.74, 6) is -5.31. The van der Waals surface area contributed by atoms with E-state index >= 15 is 0 Å². The number of hydrogen-bond donors (Lipinski definition) is 9. The average Bonchev–Trinajstić information content (AvgIpc) is 2.70. The largest absolute Gasteiger partial charge is 0.480 e. The van der Waals surface area contributed by atoms with Crippen LogP contribution in [0.25, 0.3) is 0 Å². The number of carboxylic acids is 1. The number of carbonyl (C=O) groups is 5. The number of primary amides is 1. The summed E-state index contributed by atoms with van der Waals surface area (Å²) in [5.41, 5.74) is 20.9. The number of rotatable bonds is 15. The normalized spacial score (nSPS) is 14.3. The van der Waals surface area contributed by atoms with Crippen LogP contribution in [0, 0.1) is 5.92 Å². The fourth-order valence-corrected chi connectivity index (χ4v) is 2.59. The minimum Gasteiger partial charge on any atom is -0.480 e. The van der Waals surface area contributed by atoms with Crippen molar-refractivity contribution >= 4 is 35.6 Å². The number of nitrogens with one attached hydrogen (secondary N) is 3. The van der Waals surface area contributed by atoms with Crippen LogP contribution < -0.4 is 38.9 Å². The van der Waals surface area contributed by atoms with Gasteiger partial charge >= 0.3 is 5.97 Å². The van der Waals surface area contributed by atoms with Gasteiger partial charge in [0.2, 0.25) is 23.6 Å². The van der Waals surface area contributed by atoms with Gasteiger partial charge in [-0.05, 0) is 18.8 Å². The molecule has 0 bridgehead atoms. The minimum atomic E-state index is -1.49. The summed E-state index contributed by atoms with van der Waals surface area (Å²) in [6.07, 6.45) is -0.190. The summed E-state index contributed by atoms with van der Waals surface area (Å²) >= 11 is 0. The van der Waals surface area contributed by atoms with Crippen LogP contribution in [0.2, 0.25) is 0 Å². The van der Waals surface area contributed by atoms with E-state index in [2.05, 4.69) is 20.9 Å². The van der Waals surface area contributed by atoms with Crippen molar-refractivity contribution in [3.8, 4) is 0 Å². The van der Waals surface area contributed by atoms with E-state index in [0.29, 0.717) is 0 Å². The van der Waals surface area contributed by atoms with E-state index in [9.17, 15) is 34.2 Å². The van der Waals surface area contributed by atoms with E-state index in [1.807, 2.05) is 0 Å². The SMILES string of the molecule is CC(C)C(NC(=O)C(N)CC(N)=O)C(=O)NC(CO)C(=O)NC(CCCN=C(N)N)C(=O)O. The zero-order chi connectivity index (χ0) is 25.7. The van der Waals surface area contributed by atoms with Crippen LogP contribution in [-0.2, 0) is 24.0 Å². The molecule has 0 aromatic rings. The smallest absolute Gasteiger partial charge is 0.326 e. The molecule has 4 amide bonds. The number of nitrogens with zero attached hydrogens (tertiary/aromatic N) is 1. The third-order valence-electron chi connectivity index (χ3n) is 4.38. The summed E-state index contributed by atoms with van der Waals surface area (Å²) < 4.78 is 0. The maximum Gasteiger partial charge on any atom is 0.326 e. The van der Waals surface area contributed by atoms with Gasteiger partial charge in [-0.3, -0.25) is 24.2 Å². The third-order valence-corrected chi connectivity index (χ3v) is 4.38. The van der Waals surface area contributed by atoms with Crippen LogP contribution in [-0.4, -0.2) is 83.1 Å². The van der Waals surface area contributed by atoms with E-state index < -0.39 is 72.7 Å². The molecule has 0 fully saturated rings. The number of amides is 4. The number of nitrogens with two attached hydrogens (primary N) is 4. The number of aliphatic carboxylic acids is 1. The van der Waals surface area contributed by atoms with Crippen molar-refractivity contribution < 1.29 is 34.2 Å². The molecule has 33 heavy (non-hydrogen) atoms. The maximum absolute atomic E-state index is 12.6. The molecular formula is C18H34N8O7. The van der Waals surface area contributed by atoms with Gasteiger partial charge in [0.05, 0.1) is 19.1 Å². The van der Waals surface area contributed by atoms with Crippen LogP contribution in [0.4, 0.5) is 0 Å². The Hall–Kier alpha value is -3.46. The van der Waals surface area contributed by atoms with Gasteiger partial charge in [0, 0.05) is 6.54 Å². The summed E-state index contributed by atoms with van der Waals surface area (Å²) in [6, 6.07) is -5.24. The number of guanidine groups is 1. The summed E-state index contributed by atoms with van der Waals surface area (Å²) in [4.78, 5) is 63.2. The molecule has 0 rings (SSSR count). The first-order chi connectivity index (χ1) is 15.3. The van der Waals surface area contributed by atoms with Crippen molar-refractivity contribution in [2.24, 2.45) is 33.8 Å². The van der Waals surface area contributed by atoms with Gasteiger partial charge in [0.1, 0.15) is 18.1 Å². The van der Waals surface area contributed by atoms with E-state index in [-0.39, 0.29) is 25.3 Å². The Morgan fingerprint density at radius 2 is 1.48 bits per heavy atom. The van der Waals surface area contributed by atoms with Crippen molar-refractivity contribution in [2.75, 3.05) is 13.2 Å². The molecule has 0 saturated carbocycles. The van der Waals surface area contributed by atoms with Crippen molar-refractivity contribution in [2.45, 2.75) is 57.3 Å². The van der Waals surface area contributed by atoms with Crippen LogP contribution in [0.5, 0.6) is 0 Å². The third kappa shape index (κ3) is 11.6. The highest BCUT2D eigenvalue weighted by atomic mass is 16.4. The second kappa shape index (κ2) is 14.6. The van der Waals surface area contributed by atoms with Gasteiger partial charge in [-0.2, -0.15) is 0 Å². The van der Waals surface area contributed by atoms with Crippen LogP contribution in [0.3, 0.4) is 0 Å². The van der Waals surface area contributed by atoms with Gasteiger partial charge in [-0.1, -0.05) is 13.8 Å². The molecule has 0 heterocycles. The topological polar surface area (TPSA) is 278 Å². The van der Waals surface area contributed by atoms with Crippen LogP contribution in [0.1, 0.15) is 33.1 Å². The lowest BCUT2D eigenvalue weighted by Gasteiger charge is -2.26. The van der Waals surface area contributed by atoms with E-state index in [1.54, 1.807) is 13.8 Å². The van der Waals surface area contributed by atoms with Gasteiger partial charge in [-0.25, -0.2) is 4.79 Å². The highest BCUT2D eigenvalue weighted by Gasteiger charge is 2.31. The summed E-state index contributed by atoms with van der Waals surface area (Å²) in [7, 11) is 0. The lowest BCUT2D eigenvalue weighted by Crippen LogP contribution is -2.59. The lowest BCUT2D eigenvalue weighted by molar-refractivity contribution is -0.142. The quantitative estimate of drug-likeness (QED) is 0.0622. The molecule has 0 aromatic heterocycles. The first-order valence-electron chi connectivity index (χ1n) is 10.1. The zero-order valence-corrected chi connectivity index (χ0v) is 18.6. The number of aliphatic hydroxyl groups is 1. The predicted octanol–water partition coefficient (Wildman–Crippen LogP) is -4.57. The van der Waals surface area contributed by atoms with E-state index in [1.165, 1.54) is 0 Å². The summed E-state index contributed by atoms with van der Waals surface area (Å²) in [6.45, 7) is 2.53. The lowest BCUT2D eigenvalue weighted by atomic mass is 10.0. The second-order valence-electron chi connectivity index (χ2n) is 7.60. The van der Waals surface area contributed by atoms with Gasteiger partial charge in [0.25, 0.3) is 0 Å². The van der Waals surface area contributed by atoms with E-state index in [0.717, 1.165) is 0 Å². The van der Waals surface area contributed by atoms with Crippen LogP contribution in [0.15, 0.2) is 4.99 Å². The average molecular weight is 475 g/mol. The Bertz CT molecular complexity index is 739. The predicted molar refractivity (Wildman–Crippen MR) is 117 cm³/mol. The monoisotopic (exact) mass is 474 g/mol. The number of aliphatic imine (C=N–C) groups is 1. The van der Waals surface area contributed by atoms with Crippen molar-refractivity contribution in [1.29, 1.82) is 0 Å². The van der Waals surface area contributed by atoms with Crippen molar-refractivity contribution in [1.82, 2.24) is 16.0 Å². The molecule has 0 saturated heterocycles. The Morgan fingerprint density at radius 1 is 0.909 bits per heavy atom. The number of carboxylic acid groups (broad SMARTS) is 1. The Morgan fingerprint density at radius 3 is 1.94 bits per heavy atom. The first kappa shape index (κ1) is 29.5. The molecule has 0 aliphatic carbocycles. The molecular weight excluding hydrogens is 440 g/mol. The highest BCUT2D eigenvalue weighted by molar-refractivity contribution is 5.95. The fourth-order valence-electron chi connectivity index (χ4n) is 2.59. The number of aliphatic hydroxyl groups excluding tert-OH is 1. The van der Waals surface area contributed by atoms with Crippen molar-refractivity contribution in [3.63, 3.8) is 0 Å². The molecule has 188 valence electrons. The minimum absolute atomic E-state index is 0.00756. The van der Waals surface area contributed by atoms with Crippen LogP contribution >= 0.6 is 0 Å². The molecule has 0 aliphatic rings. The fraction of sp³-hybridized carbons (Fsp3) is 0.667. The van der Waals surface area contributed by atoms with E-state index in [4.69, 9.17) is 22.9 Å². The Kier molecular flexibility index (Phi) is 13.0. The standard InChI is InChI=1S/C18H34N8O7/c1-8(2)13(26-14(29)9(19)6-12(20)28)16(31)25-11(7-27)15(30)24-10(17(32)33)4-3-5-23-18(21)22/h8-11,13,27H,3-7,19H2,1-2H3,(H2,20,28)(H,24,30)(H,25,31)(H,26,29)(H,32,33)(H4,21,22,23). The molecule has 4 atom stereocenters. The number of hydrogen-bond acceptors (Lipinski definition) is 8. The number of carbonyl (C=O) groups excluding carboxylic acids is 4. The second-order valence-corrected chi connectivity index (χ2v) is 7.60. The molecule has 0 aromatic carbocycles. The van der Waals surface area contributed by atoms with Gasteiger partial charge < -0.3 is 49.1 Å². The zero-order valence-electron chi connectivity index (χ0n) is 18.6. The molecule has 0 aliphatic heterocycles.